The van der Waals surface area contributed by atoms with E-state index in [9.17, 15) is 0 Å². The van der Waals surface area contributed by atoms with E-state index in [2.05, 4.69) is 44.9 Å². The number of aromatic nitrogens is 2. The zero-order valence-corrected chi connectivity index (χ0v) is 15.1. The first-order valence-corrected chi connectivity index (χ1v) is 8.83. The predicted octanol–water partition coefficient (Wildman–Crippen LogP) is 4.66. The second-order valence-corrected chi connectivity index (χ2v) is 6.24. The third-order valence-corrected chi connectivity index (χ3v) is 3.74. The Kier molecular flexibility index (Phi) is 6.04. The molecule has 0 aliphatic rings. The van der Waals surface area contributed by atoms with E-state index in [0.29, 0.717) is 0 Å². The number of nitrogens with zero attached hydrogens (tertiary/aromatic N) is 2. The number of rotatable bonds is 8. The van der Waals surface area contributed by atoms with Crippen LogP contribution in [0.25, 0.3) is 0 Å². The topological polar surface area (TPSA) is 59.1 Å². The molecule has 0 bridgehead atoms. The molecule has 0 saturated carbocycles. The van der Waals surface area contributed by atoms with Crippen molar-refractivity contribution in [2.45, 2.75) is 26.4 Å². The van der Waals surface area contributed by atoms with Gasteiger partial charge in [-0.15, -0.1) is 0 Å². The summed E-state index contributed by atoms with van der Waals surface area (Å²) in [6.45, 7) is 4.83. The SMILES string of the molecule is CC(C)Oc1ccccc1Nc1cc(NCCc2ccccc2)ncn1. The molecule has 0 radical (unpaired) electrons. The molecule has 0 spiro atoms. The summed E-state index contributed by atoms with van der Waals surface area (Å²) >= 11 is 0. The Balaban J connectivity index is 1.62. The van der Waals surface area contributed by atoms with Gasteiger partial charge in [-0.05, 0) is 38.0 Å². The lowest BCUT2D eigenvalue weighted by molar-refractivity contribution is 0.244. The van der Waals surface area contributed by atoms with E-state index >= 15 is 0 Å². The molecule has 134 valence electrons. The smallest absolute Gasteiger partial charge is 0.143 e. The molecule has 0 aliphatic heterocycles. The molecular formula is C21H24N4O. The summed E-state index contributed by atoms with van der Waals surface area (Å²) in [4.78, 5) is 8.59. The lowest BCUT2D eigenvalue weighted by atomic mass is 10.1. The Hall–Kier alpha value is -3.08. The first kappa shape index (κ1) is 17.7. The minimum absolute atomic E-state index is 0.110. The van der Waals surface area contributed by atoms with Crippen LogP contribution >= 0.6 is 0 Å². The third-order valence-electron chi connectivity index (χ3n) is 3.74. The molecule has 2 aromatic carbocycles. The van der Waals surface area contributed by atoms with Gasteiger partial charge in [-0.3, -0.25) is 0 Å². The molecule has 0 atom stereocenters. The third kappa shape index (κ3) is 5.21. The molecule has 5 nitrogen and oxygen atoms in total. The van der Waals surface area contributed by atoms with Gasteiger partial charge in [0.2, 0.25) is 0 Å². The Morgan fingerprint density at radius 1 is 0.923 bits per heavy atom. The van der Waals surface area contributed by atoms with Crippen LogP contribution in [0, 0.1) is 0 Å². The van der Waals surface area contributed by atoms with Crippen molar-refractivity contribution in [3.8, 4) is 5.75 Å². The van der Waals surface area contributed by atoms with Crippen molar-refractivity contribution in [3.05, 3.63) is 72.6 Å². The number of nitrogens with one attached hydrogen (secondary N) is 2. The monoisotopic (exact) mass is 348 g/mol. The van der Waals surface area contributed by atoms with Crippen LogP contribution in [0.3, 0.4) is 0 Å². The van der Waals surface area contributed by atoms with Gasteiger partial charge in [0.1, 0.15) is 23.7 Å². The van der Waals surface area contributed by atoms with Gasteiger partial charge in [-0.2, -0.15) is 0 Å². The van der Waals surface area contributed by atoms with Crippen molar-refractivity contribution >= 4 is 17.3 Å². The highest BCUT2D eigenvalue weighted by Crippen LogP contribution is 2.27. The summed E-state index contributed by atoms with van der Waals surface area (Å²) in [6, 6.07) is 20.1. The van der Waals surface area contributed by atoms with Gasteiger partial charge in [0, 0.05) is 12.6 Å². The zero-order valence-electron chi connectivity index (χ0n) is 15.1. The molecule has 1 heterocycles. The Bertz CT molecular complexity index is 821. The standard InChI is InChI=1S/C21H24N4O/c1-16(2)26-19-11-7-6-10-18(19)25-21-14-20(23-15-24-21)22-13-12-17-8-4-3-5-9-17/h3-11,14-16H,12-13H2,1-2H3,(H2,22,23,24,25). The molecule has 2 N–H and O–H groups in total. The minimum Gasteiger partial charge on any atom is -0.489 e. The van der Waals surface area contributed by atoms with Crippen LogP contribution < -0.4 is 15.4 Å². The van der Waals surface area contributed by atoms with E-state index in [4.69, 9.17) is 4.74 Å². The van der Waals surface area contributed by atoms with Crippen LogP contribution in [0.5, 0.6) is 5.75 Å². The maximum Gasteiger partial charge on any atom is 0.143 e. The highest BCUT2D eigenvalue weighted by molar-refractivity contribution is 5.65. The van der Waals surface area contributed by atoms with Crippen molar-refractivity contribution in [2.75, 3.05) is 17.2 Å². The van der Waals surface area contributed by atoms with Gasteiger partial charge in [0.15, 0.2) is 0 Å². The van der Waals surface area contributed by atoms with Crippen molar-refractivity contribution in [2.24, 2.45) is 0 Å². The van der Waals surface area contributed by atoms with E-state index in [1.807, 2.05) is 50.2 Å². The lowest BCUT2D eigenvalue weighted by Gasteiger charge is -2.15. The van der Waals surface area contributed by atoms with Crippen LogP contribution in [0.1, 0.15) is 19.4 Å². The Labute approximate surface area is 154 Å². The van der Waals surface area contributed by atoms with Gasteiger partial charge in [0.25, 0.3) is 0 Å². The lowest BCUT2D eigenvalue weighted by Crippen LogP contribution is -2.08. The number of para-hydroxylation sites is 2. The van der Waals surface area contributed by atoms with Crippen LogP contribution in [0.2, 0.25) is 0 Å². The Morgan fingerprint density at radius 3 is 2.46 bits per heavy atom. The van der Waals surface area contributed by atoms with Gasteiger partial charge < -0.3 is 15.4 Å². The second kappa shape index (κ2) is 8.85. The normalized spacial score (nSPS) is 10.6. The van der Waals surface area contributed by atoms with Crippen LogP contribution in [0.15, 0.2) is 67.0 Å². The maximum absolute atomic E-state index is 5.84. The summed E-state index contributed by atoms with van der Waals surface area (Å²) in [5.74, 6) is 2.32. The fraction of sp³-hybridized carbons (Fsp3) is 0.238. The zero-order chi connectivity index (χ0) is 18.2. The molecule has 5 heteroatoms. The van der Waals surface area contributed by atoms with Gasteiger partial charge in [-0.25, -0.2) is 9.97 Å². The molecule has 0 unspecified atom stereocenters. The van der Waals surface area contributed by atoms with E-state index in [1.54, 1.807) is 6.33 Å². The summed E-state index contributed by atoms with van der Waals surface area (Å²) in [6.07, 6.45) is 2.61. The van der Waals surface area contributed by atoms with Crippen LogP contribution in [-0.4, -0.2) is 22.6 Å². The molecule has 3 rings (SSSR count). The molecule has 3 aromatic rings. The van der Waals surface area contributed by atoms with Crippen molar-refractivity contribution in [1.29, 1.82) is 0 Å². The number of anilines is 3. The fourth-order valence-electron chi connectivity index (χ4n) is 2.57. The van der Waals surface area contributed by atoms with E-state index in [0.717, 1.165) is 36.0 Å². The molecule has 26 heavy (non-hydrogen) atoms. The molecular weight excluding hydrogens is 324 g/mol. The highest BCUT2D eigenvalue weighted by atomic mass is 16.5. The molecule has 0 saturated heterocycles. The molecule has 1 aromatic heterocycles. The highest BCUT2D eigenvalue weighted by Gasteiger charge is 2.06. The summed E-state index contributed by atoms with van der Waals surface area (Å²) in [7, 11) is 0. The predicted molar refractivity (Wildman–Crippen MR) is 106 cm³/mol. The molecule has 0 amide bonds. The van der Waals surface area contributed by atoms with Gasteiger partial charge in [-0.1, -0.05) is 42.5 Å². The van der Waals surface area contributed by atoms with Crippen molar-refractivity contribution < 1.29 is 4.74 Å². The number of hydrogen-bond acceptors (Lipinski definition) is 5. The maximum atomic E-state index is 5.84. The van der Waals surface area contributed by atoms with Crippen molar-refractivity contribution in [1.82, 2.24) is 9.97 Å². The second-order valence-electron chi connectivity index (χ2n) is 6.24. The molecule has 0 aliphatic carbocycles. The summed E-state index contributed by atoms with van der Waals surface area (Å²) in [5, 5.41) is 6.65. The quantitative estimate of drug-likeness (QED) is 0.620. The van der Waals surface area contributed by atoms with Crippen molar-refractivity contribution in [3.63, 3.8) is 0 Å². The van der Waals surface area contributed by atoms with E-state index in [-0.39, 0.29) is 6.10 Å². The van der Waals surface area contributed by atoms with E-state index in [1.165, 1.54) is 5.56 Å². The molecule has 0 fully saturated rings. The van der Waals surface area contributed by atoms with Crippen LogP contribution in [0.4, 0.5) is 17.3 Å². The summed E-state index contributed by atoms with van der Waals surface area (Å²) < 4.78 is 5.84. The number of hydrogen-bond donors (Lipinski definition) is 2. The van der Waals surface area contributed by atoms with Gasteiger partial charge in [0.05, 0.1) is 11.8 Å². The largest absolute Gasteiger partial charge is 0.489 e. The average Bonchev–Trinajstić information content (AvgIpc) is 2.64. The minimum atomic E-state index is 0.110. The van der Waals surface area contributed by atoms with E-state index < -0.39 is 0 Å². The number of ether oxygens (including phenoxy) is 1. The first-order valence-electron chi connectivity index (χ1n) is 8.83. The fourth-order valence-corrected chi connectivity index (χ4v) is 2.57. The summed E-state index contributed by atoms with van der Waals surface area (Å²) in [5.41, 5.74) is 2.18. The first-order chi connectivity index (χ1) is 12.7. The Morgan fingerprint density at radius 2 is 1.65 bits per heavy atom. The van der Waals surface area contributed by atoms with Crippen LogP contribution in [-0.2, 0) is 6.42 Å². The van der Waals surface area contributed by atoms with Gasteiger partial charge >= 0.3 is 0 Å². The number of benzene rings is 2. The average molecular weight is 348 g/mol.